The molecular formula is C8H8F3NO2. The van der Waals surface area contributed by atoms with Crippen LogP contribution in [0.5, 0.6) is 5.88 Å². The third kappa shape index (κ3) is 2.88. The Hall–Kier alpha value is -1.30. The number of aliphatic hydroxyl groups is 1. The zero-order valence-electron chi connectivity index (χ0n) is 7.08. The monoisotopic (exact) mass is 207 g/mol. The lowest BCUT2D eigenvalue weighted by Gasteiger charge is -2.07. The predicted octanol–water partition coefficient (Wildman–Crippen LogP) is 1.47. The molecule has 0 saturated carbocycles. The summed E-state index contributed by atoms with van der Waals surface area (Å²) in [6.07, 6.45) is -4.47. The number of hydrogen-bond acceptors (Lipinski definition) is 3. The fraction of sp³-hybridized carbons (Fsp3) is 0.375. The number of halogens is 3. The van der Waals surface area contributed by atoms with Crippen LogP contribution in [0.4, 0.5) is 13.2 Å². The van der Waals surface area contributed by atoms with Gasteiger partial charge in [-0.05, 0) is 6.07 Å². The lowest BCUT2D eigenvalue weighted by molar-refractivity contribution is -0.141. The van der Waals surface area contributed by atoms with E-state index in [2.05, 4.69) is 4.98 Å². The standard InChI is InChI=1S/C8H8F3NO2/c9-8(10,11)6-2-1-3-7(12-6)14-5-4-13/h1-3,13H,4-5H2. The maximum Gasteiger partial charge on any atom is 0.433 e. The Morgan fingerprint density at radius 1 is 1.36 bits per heavy atom. The summed E-state index contributed by atoms with van der Waals surface area (Å²) in [5, 5.41) is 8.38. The molecule has 0 aliphatic rings. The first-order valence-electron chi connectivity index (χ1n) is 3.82. The summed E-state index contributed by atoms with van der Waals surface area (Å²) in [7, 11) is 0. The minimum absolute atomic E-state index is 0.0751. The highest BCUT2D eigenvalue weighted by Gasteiger charge is 2.32. The zero-order chi connectivity index (χ0) is 10.6. The van der Waals surface area contributed by atoms with Gasteiger partial charge in [0.25, 0.3) is 0 Å². The van der Waals surface area contributed by atoms with E-state index in [-0.39, 0.29) is 19.1 Å². The van der Waals surface area contributed by atoms with E-state index in [0.29, 0.717) is 0 Å². The smallest absolute Gasteiger partial charge is 0.433 e. The van der Waals surface area contributed by atoms with Crippen LogP contribution in [-0.4, -0.2) is 23.3 Å². The molecule has 0 bridgehead atoms. The molecule has 1 rings (SSSR count). The lowest BCUT2D eigenvalue weighted by Crippen LogP contribution is -2.10. The predicted molar refractivity (Wildman–Crippen MR) is 41.8 cm³/mol. The van der Waals surface area contributed by atoms with Gasteiger partial charge in [0.05, 0.1) is 6.61 Å². The van der Waals surface area contributed by atoms with Crippen LogP contribution in [0.15, 0.2) is 18.2 Å². The number of alkyl halides is 3. The quantitative estimate of drug-likeness (QED) is 0.816. The van der Waals surface area contributed by atoms with Crippen molar-refractivity contribution in [3.05, 3.63) is 23.9 Å². The Labute approximate surface area is 78.2 Å². The van der Waals surface area contributed by atoms with Crippen LogP contribution in [0.3, 0.4) is 0 Å². The van der Waals surface area contributed by atoms with Gasteiger partial charge in [-0.25, -0.2) is 4.98 Å². The summed E-state index contributed by atoms with van der Waals surface area (Å²) in [5.74, 6) is -0.145. The number of hydrogen-bond donors (Lipinski definition) is 1. The molecule has 6 heteroatoms. The first-order chi connectivity index (χ1) is 6.54. The first-order valence-corrected chi connectivity index (χ1v) is 3.82. The molecule has 3 nitrogen and oxygen atoms in total. The van der Waals surface area contributed by atoms with Crippen LogP contribution in [-0.2, 0) is 6.18 Å². The normalized spacial score (nSPS) is 11.4. The van der Waals surface area contributed by atoms with Gasteiger partial charge >= 0.3 is 6.18 Å². The second-order valence-corrected chi connectivity index (χ2v) is 2.43. The van der Waals surface area contributed by atoms with Gasteiger partial charge in [0.1, 0.15) is 12.3 Å². The number of rotatable bonds is 3. The van der Waals surface area contributed by atoms with Crippen molar-refractivity contribution in [2.75, 3.05) is 13.2 Å². The van der Waals surface area contributed by atoms with Crippen LogP contribution < -0.4 is 4.74 Å². The molecule has 0 atom stereocenters. The van der Waals surface area contributed by atoms with Crippen molar-refractivity contribution < 1.29 is 23.0 Å². The van der Waals surface area contributed by atoms with Gasteiger partial charge in [-0.2, -0.15) is 13.2 Å². The fourth-order valence-electron chi connectivity index (χ4n) is 0.803. The van der Waals surface area contributed by atoms with Crippen LogP contribution in [0, 0.1) is 0 Å². The molecule has 0 radical (unpaired) electrons. The Balaban J connectivity index is 2.79. The molecule has 1 N–H and O–H groups in total. The van der Waals surface area contributed by atoms with Crippen molar-refractivity contribution in [3.8, 4) is 5.88 Å². The molecule has 0 aliphatic carbocycles. The average molecular weight is 207 g/mol. The summed E-state index contributed by atoms with van der Waals surface area (Å²) in [6.45, 7) is -0.341. The van der Waals surface area contributed by atoms with Crippen molar-refractivity contribution in [1.29, 1.82) is 0 Å². The van der Waals surface area contributed by atoms with E-state index in [0.717, 1.165) is 6.07 Å². The maximum absolute atomic E-state index is 12.1. The van der Waals surface area contributed by atoms with Gasteiger partial charge < -0.3 is 9.84 Å². The number of pyridine rings is 1. The molecule has 1 heterocycles. The highest BCUT2D eigenvalue weighted by atomic mass is 19.4. The second kappa shape index (κ2) is 4.28. The van der Waals surface area contributed by atoms with Gasteiger partial charge in [0.15, 0.2) is 0 Å². The Kier molecular flexibility index (Phi) is 3.29. The number of ether oxygens (including phenoxy) is 1. The third-order valence-electron chi connectivity index (χ3n) is 1.36. The first kappa shape index (κ1) is 10.8. The number of aromatic nitrogens is 1. The van der Waals surface area contributed by atoms with E-state index < -0.39 is 11.9 Å². The molecule has 1 aromatic heterocycles. The maximum atomic E-state index is 12.1. The van der Waals surface area contributed by atoms with Gasteiger partial charge in [0.2, 0.25) is 5.88 Å². The summed E-state index contributed by atoms with van der Waals surface area (Å²) >= 11 is 0. The Morgan fingerprint density at radius 2 is 2.07 bits per heavy atom. The SMILES string of the molecule is OCCOc1cccc(C(F)(F)F)n1. The van der Waals surface area contributed by atoms with Crippen molar-refractivity contribution in [2.45, 2.75) is 6.18 Å². The van der Waals surface area contributed by atoms with E-state index in [1.165, 1.54) is 12.1 Å². The Morgan fingerprint density at radius 3 is 2.64 bits per heavy atom. The molecule has 0 fully saturated rings. The van der Waals surface area contributed by atoms with Crippen LogP contribution >= 0.6 is 0 Å². The lowest BCUT2D eigenvalue weighted by atomic mass is 10.3. The fourth-order valence-corrected chi connectivity index (χ4v) is 0.803. The second-order valence-electron chi connectivity index (χ2n) is 2.43. The number of aliphatic hydroxyl groups excluding tert-OH is 1. The number of nitrogens with zero attached hydrogens (tertiary/aromatic N) is 1. The highest BCUT2D eigenvalue weighted by molar-refractivity contribution is 5.17. The molecule has 0 aromatic carbocycles. The zero-order valence-corrected chi connectivity index (χ0v) is 7.08. The highest BCUT2D eigenvalue weighted by Crippen LogP contribution is 2.28. The minimum atomic E-state index is -4.47. The van der Waals surface area contributed by atoms with Crippen LogP contribution in [0.25, 0.3) is 0 Å². The van der Waals surface area contributed by atoms with E-state index in [1.54, 1.807) is 0 Å². The van der Waals surface area contributed by atoms with Gasteiger partial charge in [-0.1, -0.05) is 6.07 Å². The van der Waals surface area contributed by atoms with Crippen molar-refractivity contribution in [3.63, 3.8) is 0 Å². The van der Waals surface area contributed by atoms with Crippen molar-refractivity contribution >= 4 is 0 Å². The van der Waals surface area contributed by atoms with Crippen molar-refractivity contribution in [2.24, 2.45) is 0 Å². The van der Waals surface area contributed by atoms with E-state index in [1.807, 2.05) is 0 Å². The summed E-state index contributed by atoms with van der Waals surface area (Å²) in [5.41, 5.74) is -1.01. The van der Waals surface area contributed by atoms with Gasteiger partial charge in [0, 0.05) is 6.07 Å². The third-order valence-corrected chi connectivity index (χ3v) is 1.36. The van der Waals surface area contributed by atoms with Gasteiger partial charge in [-0.15, -0.1) is 0 Å². The van der Waals surface area contributed by atoms with Crippen LogP contribution in [0.1, 0.15) is 5.69 Å². The van der Waals surface area contributed by atoms with Gasteiger partial charge in [-0.3, -0.25) is 0 Å². The van der Waals surface area contributed by atoms with E-state index in [4.69, 9.17) is 9.84 Å². The summed E-state index contributed by atoms with van der Waals surface area (Å²) in [6, 6.07) is 3.35. The van der Waals surface area contributed by atoms with Crippen LogP contribution in [0.2, 0.25) is 0 Å². The van der Waals surface area contributed by atoms with E-state index in [9.17, 15) is 13.2 Å². The molecule has 78 valence electrons. The molecule has 1 aromatic rings. The molecular weight excluding hydrogens is 199 g/mol. The summed E-state index contributed by atoms with van der Waals surface area (Å²) in [4.78, 5) is 3.22. The molecule has 0 amide bonds. The molecule has 0 aliphatic heterocycles. The van der Waals surface area contributed by atoms with Crippen molar-refractivity contribution in [1.82, 2.24) is 4.98 Å². The average Bonchev–Trinajstić information content (AvgIpc) is 2.14. The Bertz CT molecular complexity index is 301. The van der Waals surface area contributed by atoms with E-state index >= 15 is 0 Å². The molecule has 0 unspecified atom stereocenters. The summed E-state index contributed by atoms with van der Waals surface area (Å²) < 4.78 is 41.1. The minimum Gasteiger partial charge on any atom is -0.475 e. The topological polar surface area (TPSA) is 42.4 Å². The molecule has 0 saturated heterocycles. The molecule has 14 heavy (non-hydrogen) atoms. The molecule has 0 spiro atoms. The largest absolute Gasteiger partial charge is 0.475 e.